The van der Waals surface area contributed by atoms with Gasteiger partial charge in [-0.1, -0.05) is 0 Å². The van der Waals surface area contributed by atoms with Crippen LogP contribution in [0.1, 0.15) is 13.3 Å². The minimum Gasteiger partial charge on any atom is -0.359 e. The molecule has 0 aromatic carbocycles. The summed E-state index contributed by atoms with van der Waals surface area (Å²) in [5, 5.41) is 3.27. The topological polar surface area (TPSA) is 39.7 Å². The molecular formula is C7H12INO3. The van der Waals surface area contributed by atoms with Gasteiger partial charge in [-0.15, -0.1) is 0 Å². The van der Waals surface area contributed by atoms with E-state index in [9.17, 15) is 0 Å². The predicted octanol–water partition coefficient (Wildman–Crippen LogP) is 0.802. The average molecular weight is 285 g/mol. The molecule has 0 saturated carbocycles. The molecule has 70 valence electrons. The van der Waals surface area contributed by atoms with Crippen molar-refractivity contribution >= 4 is 23.0 Å². The molecule has 1 N–H and O–H groups in total. The maximum absolute atomic E-state index is 5.55. The highest BCUT2D eigenvalue weighted by Crippen LogP contribution is 2.26. The van der Waals surface area contributed by atoms with Gasteiger partial charge in [-0.25, -0.2) is 0 Å². The maximum atomic E-state index is 5.55. The Balaban J connectivity index is 2.00. The van der Waals surface area contributed by atoms with E-state index < -0.39 is 0 Å². The van der Waals surface area contributed by atoms with Gasteiger partial charge in [0.2, 0.25) is 0 Å². The van der Waals surface area contributed by atoms with Gasteiger partial charge >= 0.3 is 0 Å². The second-order valence-electron chi connectivity index (χ2n) is 3.18. The molecule has 4 nitrogen and oxygen atoms in total. The molecule has 12 heavy (non-hydrogen) atoms. The van der Waals surface area contributed by atoms with Gasteiger partial charge in [-0.3, -0.25) is 8.38 Å². The van der Waals surface area contributed by atoms with Crippen molar-refractivity contribution in [2.45, 2.75) is 37.9 Å². The van der Waals surface area contributed by atoms with Crippen LogP contribution in [0.3, 0.4) is 0 Å². The average Bonchev–Trinajstić information content (AvgIpc) is 2.52. The third kappa shape index (κ3) is 1.60. The predicted molar refractivity (Wildman–Crippen MR) is 50.7 cm³/mol. The molecule has 2 aliphatic rings. The minimum atomic E-state index is -0.0870. The number of rotatable bonds is 1. The van der Waals surface area contributed by atoms with E-state index in [1.807, 2.05) is 29.9 Å². The lowest BCUT2D eigenvalue weighted by Gasteiger charge is -2.34. The van der Waals surface area contributed by atoms with Crippen molar-refractivity contribution in [1.82, 2.24) is 5.32 Å². The molecule has 0 aromatic heterocycles. The van der Waals surface area contributed by atoms with Crippen LogP contribution in [-0.4, -0.2) is 31.3 Å². The molecule has 4 atom stereocenters. The van der Waals surface area contributed by atoms with Crippen molar-refractivity contribution < 1.29 is 12.5 Å². The van der Waals surface area contributed by atoms with E-state index in [1.165, 1.54) is 0 Å². The van der Waals surface area contributed by atoms with Gasteiger partial charge in [0.05, 0.1) is 12.8 Å². The lowest BCUT2D eigenvalue weighted by molar-refractivity contribution is -0.169. The lowest BCUT2D eigenvalue weighted by atomic mass is 10.0. The smallest absolute Gasteiger partial charge is 0.170 e. The first kappa shape index (κ1) is 9.14. The zero-order valence-corrected chi connectivity index (χ0v) is 8.98. The molecule has 2 saturated heterocycles. The molecule has 0 spiro atoms. The monoisotopic (exact) mass is 285 g/mol. The number of fused-ring (bicyclic) bond motifs is 1. The van der Waals surface area contributed by atoms with E-state index in [1.54, 1.807) is 0 Å². The van der Waals surface area contributed by atoms with E-state index >= 15 is 0 Å². The summed E-state index contributed by atoms with van der Waals surface area (Å²) in [6.07, 6.45) is 1.11. The van der Waals surface area contributed by atoms with Crippen molar-refractivity contribution in [3.05, 3.63) is 0 Å². The SMILES string of the molecule is C[C@@H]1OC(OI)C[C@@H]2NCO[C@H]21. The van der Waals surface area contributed by atoms with Gasteiger partial charge in [-0.05, 0) is 6.92 Å². The van der Waals surface area contributed by atoms with Crippen LogP contribution in [0.4, 0.5) is 0 Å². The Labute approximate surface area is 85.6 Å². The number of hydrogen-bond acceptors (Lipinski definition) is 4. The standard InChI is InChI=1S/C7H12INO3/c1-4-7-5(9-3-10-7)2-6(11-4)12-8/h4-7,9H,2-3H2,1H3/t4-,5-,6?,7-/m0/s1. The van der Waals surface area contributed by atoms with E-state index in [0.717, 1.165) is 6.42 Å². The zero-order valence-electron chi connectivity index (χ0n) is 6.83. The van der Waals surface area contributed by atoms with Crippen LogP contribution >= 0.6 is 23.0 Å². The van der Waals surface area contributed by atoms with Crippen molar-refractivity contribution in [2.24, 2.45) is 0 Å². The fourth-order valence-corrected chi connectivity index (χ4v) is 2.13. The van der Waals surface area contributed by atoms with Crippen molar-refractivity contribution in [3.8, 4) is 0 Å². The maximum Gasteiger partial charge on any atom is 0.170 e. The summed E-state index contributed by atoms with van der Waals surface area (Å²) in [5.41, 5.74) is 0. The Morgan fingerprint density at radius 1 is 1.58 bits per heavy atom. The van der Waals surface area contributed by atoms with Gasteiger partial charge in [0.25, 0.3) is 0 Å². The summed E-state index contributed by atoms with van der Waals surface area (Å²) in [6.45, 7) is 2.66. The largest absolute Gasteiger partial charge is 0.359 e. The highest BCUT2D eigenvalue weighted by Gasteiger charge is 2.40. The Kier molecular flexibility index (Phi) is 2.85. The molecule has 0 aromatic rings. The summed E-state index contributed by atoms with van der Waals surface area (Å²) in [4.78, 5) is 0. The Morgan fingerprint density at radius 3 is 3.17 bits per heavy atom. The third-order valence-corrected chi connectivity index (χ3v) is 2.96. The molecule has 2 heterocycles. The Bertz CT molecular complexity index is 169. The van der Waals surface area contributed by atoms with Gasteiger partial charge < -0.3 is 9.47 Å². The Hall–Kier alpha value is 0.570. The number of hydrogen-bond donors (Lipinski definition) is 1. The number of halogens is 1. The highest BCUT2D eigenvalue weighted by molar-refractivity contribution is 14.1. The molecule has 2 aliphatic heterocycles. The van der Waals surface area contributed by atoms with Crippen LogP contribution in [0.5, 0.6) is 0 Å². The summed E-state index contributed by atoms with van der Waals surface area (Å²) < 4.78 is 16.1. The van der Waals surface area contributed by atoms with Crippen LogP contribution in [0.25, 0.3) is 0 Å². The second-order valence-corrected chi connectivity index (χ2v) is 3.69. The van der Waals surface area contributed by atoms with Gasteiger partial charge in [-0.2, -0.15) is 0 Å². The lowest BCUT2D eigenvalue weighted by Crippen LogP contribution is -2.48. The molecule has 5 heteroatoms. The molecule has 0 amide bonds. The quantitative estimate of drug-likeness (QED) is 0.724. The van der Waals surface area contributed by atoms with Crippen LogP contribution in [0.15, 0.2) is 0 Å². The number of nitrogens with one attached hydrogen (secondary N) is 1. The first-order valence-electron chi connectivity index (χ1n) is 4.09. The zero-order chi connectivity index (χ0) is 8.55. The van der Waals surface area contributed by atoms with E-state index in [0.29, 0.717) is 12.8 Å². The molecule has 0 radical (unpaired) electrons. The summed E-state index contributed by atoms with van der Waals surface area (Å²) in [7, 11) is 0. The summed E-state index contributed by atoms with van der Waals surface area (Å²) >= 11 is 1.88. The minimum absolute atomic E-state index is 0.0870. The van der Waals surface area contributed by atoms with Crippen molar-refractivity contribution in [3.63, 3.8) is 0 Å². The van der Waals surface area contributed by atoms with E-state index in [2.05, 4.69) is 5.32 Å². The van der Waals surface area contributed by atoms with Crippen LogP contribution in [0.2, 0.25) is 0 Å². The fraction of sp³-hybridized carbons (Fsp3) is 1.00. The summed E-state index contributed by atoms with van der Waals surface area (Å²) in [6, 6.07) is 0.397. The molecule has 1 unspecified atom stereocenters. The molecule has 2 rings (SSSR count). The van der Waals surface area contributed by atoms with Gasteiger partial charge in [0.15, 0.2) is 6.29 Å². The van der Waals surface area contributed by atoms with E-state index in [4.69, 9.17) is 12.5 Å². The molecule has 0 bridgehead atoms. The Morgan fingerprint density at radius 2 is 2.42 bits per heavy atom. The van der Waals surface area contributed by atoms with Gasteiger partial charge in [0, 0.05) is 12.5 Å². The highest BCUT2D eigenvalue weighted by atomic mass is 127. The first-order chi connectivity index (χ1) is 5.81. The first-order valence-corrected chi connectivity index (χ1v) is 4.97. The molecule has 2 fully saturated rings. The van der Waals surface area contributed by atoms with Crippen LogP contribution in [-0.2, 0) is 12.5 Å². The number of ether oxygens (including phenoxy) is 2. The third-order valence-electron chi connectivity index (χ3n) is 2.39. The summed E-state index contributed by atoms with van der Waals surface area (Å²) in [5.74, 6) is 0. The molecular weight excluding hydrogens is 273 g/mol. The van der Waals surface area contributed by atoms with Crippen LogP contribution < -0.4 is 5.32 Å². The van der Waals surface area contributed by atoms with Crippen LogP contribution in [0, 0.1) is 0 Å². The molecule has 0 aliphatic carbocycles. The van der Waals surface area contributed by atoms with Crippen molar-refractivity contribution in [1.29, 1.82) is 0 Å². The van der Waals surface area contributed by atoms with Crippen molar-refractivity contribution in [2.75, 3.05) is 6.73 Å². The fourth-order valence-electron chi connectivity index (χ4n) is 1.80. The second kappa shape index (κ2) is 3.75. The normalized spacial score (nSPS) is 47.5. The van der Waals surface area contributed by atoms with Gasteiger partial charge in [0.1, 0.15) is 29.1 Å². The van der Waals surface area contributed by atoms with E-state index in [-0.39, 0.29) is 18.5 Å².